The molecule has 13 heteroatoms. The number of hydrogen-bond donors (Lipinski definition) is 0. The Morgan fingerprint density at radius 2 is 1.51 bits per heavy atom. The van der Waals surface area contributed by atoms with Gasteiger partial charge in [-0.2, -0.15) is 0 Å². The number of esters is 5. The van der Waals surface area contributed by atoms with Crippen molar-refractivity contribution in [1.82, 2.24) is 0 Å². The number of epoxide rings is 1. The first-order chi connectivity index (χ1) is 19.1. The molecule has 4 saturated heterocycles. The van der Waals surface area contributed by atoms with Crippen molar-refractivity contribution < 1.29 is 57.1 Å². The van der Waals surface area contributed by atoms with Crippen LogP contribution in [0.5, 0.6) is 0 Å². The minimum atomic E-state index is -1.69. The molecule has 0 aromatic carbocycles. The molecule has 5 fully saturated rings. The predicted molar refractivity (Wildman–Crippen MR) is 137 cm³/mol. The van der Waals surface area contributed by atoms with E-state index in [4.69, 9.17) is 44.8 Å². The molecular weight excluding hydrogens is 564 g/mol. The van der Waals surface area contributed by atoms with Gasteiger partial charge in [0.05, 0.1) is 28.9 Å². The molecule has 0 amide bonds. The highest BCUT2D eigenvalue weighted by atomic mass is 35.5. The lowest BCUT2D eigenvalue weighted by Crippen LogP contribution is -2.77. The van der Waals surface area contributed by atoms with Crippen molar-refractivity contribution in [3.8, 4) is 0 Å². The second-order valence-electron chi connectivity index (χ2n) is 11.9. The van der Waals surface area contributed by atoms with E-state index in [1.54, 1.807) is 13.8 Å². The second kappa shape index (κ2) is 9.95. The molecule has 1 aliphatic carbocycles. The van der Waals surface area contributed by atoms with E-state index in [0.717, 1.165) is 0 Å². The highest BCUT2D eigenvalue weighted by Gasteiger charge is 2.80. The molecule has 41 heavy (non-hydrogen) atoms. The van der Waals surface area contributed by atoms with Gasteiger partial charge >= 0.3 is 29.8 Å². The number of halogens is 1. The van der Waals surface area contributed by atoms with E-state index in [1.165, 1.54) is 27.7 Å². The summed E-state index contributed by atoms with van der Waals surface area (Å²) in [4.78, 5) is 63.7. The molecule has 226 valence electrons. The summed E-state index contributed by atoms with van der Waals surface area (Å²) in [5, 5.41) is -1.05. The quantitative estimate of drug-likeness (QED) is 0.152. The van der Waals surface area contributed by atoms with E-state index < -0.39 is 100 Å². The van der Waals surface area contributed by atoms with Crippen LogP contribution in [0, 0.1) is 17.3 Å². The Morgan fingerprint density at radius 3 is 2.05 bits per heavy atom. The Bertz CT molecular complexity index is 1200. The molecule has 0 aromatic heterocycles. The van der Waals surface area contributed by atoms with Gasteiger partial charge in [-0.3, -0.25) is 24.0 Å². The molecule has 12 atom stereocenters. The zero-order valence-corrected chi connectivity index (χ0v) is 24.6. The first kappa shape index (κ1) is 29.8. The molecular formula is C28H35ClO12. The van der Waals surface area contributed by atoms with Crippen LogP contribution in [0.1, 0.15) is 54.4 Å². The van der Waals surface area contributed by atoms with Gasteiger partial charge in [0.1, 0.15) is 18.3 Å². The summed E-state index contributed by atoms with van der Waals surface area (Å²) in [6.45, 7) is 12.5. The molecule has 4 heterocycles. The number of alkyl halides is 1. The molecule has 0 N–H and O–H groups in total. The number of fused-ring (bicyclic) bond motifs is 3. The molecule has 5 rings (SSSR count). The molecule has 12 nitrogen and oxygen atoms in total. The summed E-state index contributed by atoms with van der Waals surface area (Å²) in [6.07, 6.45) is -6.51. The Hall–Kier alpha value is -2.70. The number of carbonyl (C=O) groups excluding carboxylic acids is 5. The normalized spacial score (nSPS) is 46.2. The Labute approximate surface area is 242 Å². The molecule has 1 saturated carbocycles. The van der Waals surface area contributed by atoms with Crippen molar-refractivity contribution >= 4 is 41.4 Å². The zero-order chi connectivity index (χ0) is 30.2. The Kier molecular flexibility index (Phi) is 7.22. The largest absolute Gasteiger partial charge is 0.462 e. The molecule has 0 aromatic rings. The average Bonchev–Trinajstić information content (AvgIpc) is 3.58. The maximum Gasteiger partial charge on any atom is 0.312 e. The summed E-state index contributed by atoms with van der Waals surface area (Å²) in [5.41, 5.74) is -3.83. The van der Waals surface area contributed by atoms with Crippen molar-refractivity contribution in [3.63, 3.8) is 0 Å². The predicted octanol–water partition coefficient (Wildman–Crippen LogP) is 1.77. The zero-order valence-electron chi connectivity index (χ0n) is 23.8. The van der Waals surface area contributed by atoms with Crippen molar-refractivity contribution in [1.29, 1.82) is 0 Å². The molecule has 4 aliphatic heterocycles. The van der Waals surface area contributed by atoms with E-state index in [2.05, 4.69) is 6.58 Å². The van der Waals surface area contributed by atoms with Crippen LogP contribution < -0.4 is 0 Å². The van der Waals surface area contributed by atoms with E-state index in [1.807, 2.05) is 0 Å². The highest BCUT2D eigenvalue weighted by Crippen LogP contribution is 2.65. The van der Waals surface area contributed by atoms with Gasteiger partial charge in [0, 0.05) is 33.6 Å². The lowest BCUT2D eigenvalue weighted by molar-refractivity contribution is -0.308. The van der Waals surface area contributed by atoms with Crippen LogP contribution in [0.2, 0.25) is 0 Å². The van der Waals surface area contributed by atoms with E-state index in [-0.39, 0.29) is 12.2 Å². The van der Waals surface area contributed by atoms with Gasteiger partial charge in [-0.05, 0) is 25.3 Å². The second-order valence-corrected chi connectivity index (χ2v) is 12.4. The molecule has 0 radical (unpaired) electrons. The summed E-state index contributed by atoms with van der Waals surface area (Å²) in [6, 6.07) is 0. The van der Waals surface area contributed by atoms with Crippen LogP contribution in [-0.2, 0) is 57.1 Å². The van der Waals surface area contributed by atoms with Crippen LogP contribution in [0.25, 0.3) is 0 Å². The fourth-order valence-electron chi connectivity index (χ4n) is 7.78. The minimum Gasteiger partial charge on any atom is -0.462 e. The number of rotatable bonds is 4. The lowest BCUT2D eigenvalue weighted by atomic mass is 9.51. The maximum absolute atomic E-state index is 13.2. The van der Waals surface area contributed by atoms with Gasteiger partial charge in [0.25, 0.3) is 0 Å². The average molecular weight is 599 g/mol. The van der Waals surface area contributed by atoms with Gasteiger partial charge < -0.3 is 33.2 Å². The van der Waals surface area contributed by atoms with E-state index in [9.17, 15) is 24.0 Å². The molecule has 2 spiro atoms. The first-order valence-corrected chi connectivity index (χ1v) is 14.1. The van der Waals surface area contributed by atoms with Gasteiger partial charge in [0.15, 0.2) is 23.9 Å². The van der Waals surface area contributed by atoms with Crippen LogP contribution in [0.3, 0.4) is 0 Å². The molecule has 2 bridgehead atoms. The summed E-state index contributed by atoms with van der Waals surface area (Å²) in [5.74, 6) is -5.25. The van der Waals surface area contributed by atoms with Gasteiger partial charge in [-0.25, -0.2) is 0 Å². The van der Waals surface area contributed by atoms with Crippen LogP contribution in [0.15, 0.2) is 12.2 Å². The topological polar surface area (TPSA) is 153 Å². The number of hydrogen-bond acceptors (Lipinski definition) is 12. The third kappa shape index (κ3) is 4.36. The fourth-order valence-corrected chi connectivity index (χ4v) is 8.15. The first-order valence-electron chi connectivity index (χ1n) is 13.6. The summed E-state index contributed by atoms with van der Waals surface area (Å²) >= 11 is 6.93. The SMILES string of the molecule is C=C1[C@H](Cl)[C@@H]2OC(=O)[C@H](C)[C@@]23O[C@@H]1[C@@H](OC(C)=O)[C@H](OC(C)=O)[C@@]1(C)[C@@H](OC(C)=O)CC[C@@]2(CO2)[C@@H]1[C@@H]3OC(C)=O. The fraction of sp³-hybridized carbons (Fsp3) is 0.750. The molecule has 0 unspecified atom stereocenters. The number of ether oxygens (including phenoxy) is 7. The standard InChI is InChI=1S/C28H35ClO12/c1-11-18(29)22-28(12(2)25(34)40-22)24(39-16(6)33)21-26(7,17(36-13(3)30)8-9-27(21)10-35-27)23(38-15(5)32)20(19(11)41-28)37-14(4)31/h12,17-24H,1,8-10H2,2-7H3/t12-,17-,18-,19-,20+,21+,22-,23-,24-,26-,27+,28+/m0/s1. The lowest BCUT2D eigenvalue weighted by Gasteiger charge is -2.62. The van der Waals surface area contributed by atoms with Crippen molar-refractivity contribution in [2.45, 2.75) is 108 Å². The highest BCUT2D eigenvalue weighted by molar-refractivity contribution is 6.23. The van der Waals surface area contributed by atoms with Crippen LogP contribution in [-0.4, -0.2) is 89.7 Å². The number of carbonyl (C=O) groups is 5. The maximum atomic E-state index is 13.2. The van der Waals surface area contributed by atoms with Crippen molar-refractivity contribution in [2.24, 2.45) is 17.3 Å². The third-order valence-corrected chi connectivity index (χ3v) is 9.97. The smallest absolute Gasteiger partial charge is 0.312 e. The summed E-state index contributed by atoms with van der Waals surface area (Å²) < 4.78 is 42.4. The van der Waals surface area contributed by atoms with Gasteiger partial charge in [-0.1, -0.05) is 13.5 Å². The van der Waals surface area contributed by atoms with Crippen LogP contribution in [0.4, 0.5) is 0 Å². The summed E-state index contributed by atoms with van der Waals surface area (Å²) in [7, 11) is 0. The van der Waals surface area contributed by atoms with Gasteiger partial charge in [-0.15, -0.1) is 11.6 Å². The molecule has 5 aliphatic rings. The van der Waals surface area contributed by atoms with Crippen molar-refractivity contribution in [2.75, 3.05) is 6.61 Å². The Balaban J connectivity index is 1.86. The monoisotopic (exact) mass is 598 g/mol. The third-order valence-electron chi connectivity index (χ3n) is 9.46. The van der Waals surface area contributed by atoms with E-state index in [0.29, 0.717) is 12.8 Å². The van der Waals surface area contributed by atoms with Gasteiger partial charge in [0.2, 0.25) is 0 Å². The van der Waals surface area contributed by atoms with Crippen LogP contribution >= 0.6 is 11.6 Å². The van der Waals surface area contributed by atoms with Crippen molar-refractivity contribution in [3.05, 3.63) is 12.2 Å². The Morgan fingerprint density at radius 1 is 0.951 bits per heavy atom. The minimum absolute atomic E-state index is 0.207. The van der Waals surface area contributed by atoms with E-state index >= 15 is 0 Å².